The van der Waals surface area contributed by atoms with Gasteiger partial charge in [0.25, 0.3) is 5.69 Å². The van der Waals surface area contributed by atoms with E-state index < -0.39 is 29.1 Å². The molecule has 8 heteroatoms. The number of rotatable bonds is 4. The van der Waals surface area contributed by atoms with E-state index in [2.05, 4.69) is 0 Å². The van der Waals surface area contributed by atoms with Crippen molar-refractivity contribution in [3.63, 3.8) is 0 Å². The molecule has 0 amide bonds. The zero-order valence-electron chi connectivity index (χ0n) is 8.42. The minimum absolute atomic E-state index is 0.0842. The second-order valence-corrected chi connectivity index (χ2v) is 3.29. The van der Waals surface area contributed by atoms with Gasteiger partial charge >= 0.3 is 6.18 Å². The highest BCUT2D eigenvalue weighted by atomic mass is 19.4. The molecular formula is C9H8F4N2O2. The Hall–Kier alpha value is -1.70. The zero-order chi connectivity index (χ0) is 13.1. The summed E-state index contributed by atoms with van der Waals surface area (Å²) in [5.74, 6) is -0.858. The summed E-state index contributed by atoms with van der Waals surface area (Å²) in [5.41, 5.74) is -0.408. The van der Waals surface area contributed by atoms with Gasteiger partial charge in [0.15, 0.2) is 0 Å². The van der Waals surface area contributed by atoms with E-state index in [0.29, 0.717) is 6.07 Å². The van der Waals surface area contributed by atoms with E-state index in [0.717, 1.165) is 12.1 Å². The quantitative estimate of drug-likeness (QED) is 0.508. The summed E-state index contributed by atoms with van der Waals surface area (Å²) < 4.78 is 48.3. The topological polar surface area (TPSA) is 55.2 Å². The molecule has 1 N–H and O–H groups in total. The van der Waals surface area contributed by atoms with Gasteiger partial charge in [-0.05, 0) is 11.6 Å². The molecule has 1 aromatic rings. The fraction of sp³-hybridized carbons (Fsp3) is 0.333. The van der Waals surface area contributed by atoms with Gasteiger partial charge < -0.3 is 5.32 Å². The summed E-state index contributed by atoms with van der Waals surface area (Å²) in [6.07, 6.45) is -4.38. The summed E-state index contributed by atoms with van der Waals surface area (Å²) >= 11 is 0. The molecule has 4 nitrogen and oxygen atoms in total. The van der Waals surface area contributed by atoms with Crippen molar-refractivity contribution >= 4 is 5.69 Å². The summed E-state index contributed by atoms with van der Waals surface area (Å²) in [7, 11) is 0. The Morgan fingerprint density at radius 1 is 1.29 bits per heavy atom. The van der Waals surface area contributed by atoms with Crippen LogP contribution in [0.1, 0.15) is 5.56 Å². The molecule has 0 bridgehead atoms. The fourth-order valence-corrected chi connectivity index (χ4v) is 1.19. The normalized spacial score (nSPS) is 11.5. The number of nitro benzene ring substituents is 1. The van der Waals surface area contributed by atoms with Crippen molar-refractivity contribution in [2.75, 3.05) is 6.54 Å². The van der Waals surface area contributed by atoms with Crippen LogP contribution in [0.15, 0.2) is 18.2 Å². The van der Waals surface area contributed by atoms with Crippen LogP contribution in [0.25, 0.3) is 0 Å². The predicted octanol–water partition coefficient (Wildman–Crippen LogP) is 2.39. The van der Waals surface area contributed by atoms with Gasteiger partial charge in [-0.2, -0.15) is 13.2 Å². The SMILES string of the molecule is O=[N+]([O-])c1cc(F)cc(CNCC(F)(F)F)c1. The maximum absolute atomic E-state index is 12.9. The maximum atomic E-state index is 12.9. The van der Waals surface area contributed by atoms with E-state index in [9.17, 15) is 27.7 Å². The van der Waals surface area contributed by atoms with Crippen molar-refractivity contribution < 1.29 is 22.5 Å². The highest BCUT2D eigenvalue weighted by molar-refractivity contribution is 5.35. The molecule has 0 fully saturated rings. The number of alkyl halides is 3. The van der Waals surface area contributed by atoms with Crippen LogP contribution in [0.2, 0.25) is 0 Å². The van der Waals surface area contributed by atoms with Crippen molar-refractivity contribution in [1.29, 1.82) is 0 Å². The van der Waals surface area contributed by atoms with Crippen LogP contribution in [0.4, 0.5) is 23.2 Å². The minimum Gasteiger partial charge on any atom is -0.305 e. The number of non-ortho nitro benzene ring substituents is 1. The number of nitro groups is 1. The van der Waals surface area contributed by atoms with E-state index >= 15 is 0 Å². The van der Waals surface area contributed by atoms with Gasteiger partial charge in [-0.3, -0.25) is 10.1 Å². The number of halogens is 4. The summed E-state index contributed by atoms with van der Waals surface area (Å²) in [6.45, 7) is -1.53. The van der Waals surface area contributed by atoms with Crippen LogP contribution < -0.4 is 5.32 Å². The highest BCUT2D eigenvalue weighted by Gasteiger charge is 2.26. The van der Waals surface area contributed by atoms with E-state index in [1.807, 2.05) is 5.32 Å². The largest absolute Gasteiger partial charge is 0.401 e. The van der Waals surface area contributed by atoms with Gasteiger partial charge in [0.05, 0.1) is 17.5 Å². The molecule has 1 aromatic carbocycles. The third kappa shape index (κ3) is 4.77. The molecular weight excluding hydrogens is 244 g/mol. The van der Waals surface area contributed by atoms with Crippen LogP contribution in [-0.4, -0.2) is 17.6 Å². The molecule has 0 saturated carbocycles. The molecule has 0 aromatic heterocycles. The number of benzene rings is 1. The van der Waals surface area contributed by atoms with E-state index in [1.54, 1.807) is 0 Å². The van der Waals surface area contributed by atoms with Crippen LogP contribution in [-0.2, 0) is 6.54 Å². The summed E-state index contributed by atoms with van der Waals surface area (Å²) in [5, 5.41) is 12.4. The molecule has 0 radical (unpaired) electrons. The predicted molar refractivity (Wildman–Crippen MR) is 50.8 cm³/mol. The Labute approximate surface area is 93.4 Å². The lowest BCUT2D eigenvalue weighted by Crippen LogP contribution is -2.28. The lowest BCUT2D eigenvalue weighted by Gasteiger charge is -2.08. The highest BCUT2D eigenvalue weighted by Crippen LogP contribution is 2.17. The van der Waals surface area contributed by atoms with Gasteiger partial charge in [-0.1, -0.05) is 0 Å². The van der Waals surface area contributed by atoms with Crippen molar-refractivity contribution in [3.05, 3.63) is 39.7 Å². The van der Waals surface area contributed by atoms with E-state index in [-0.39, 0.29) is 12.1 Å². The molecule has 94 valence electrons. The lowest BCUT2D eigenvalue weighted by atomic mass is 10.2. The molecule has 1 rings (SSSR count). The average Bonchev–Trinajstić information content (AvgIpc) is 2.14. The van der Waals surface area contributed by atoms with Crippen LogP contribution in [0, 0.1) is 15.9 Å². The molecule has 0 heterocycles. The number of hydrogen-bond donors (Lipinski definition) is 1. The van der Waals surface area contributed by atoms with Gasteiger partial charge in [-0.15, -0.1) is 0 Å². The number of hydrogen-bond acceptors (Lipinski definition) is 3. The van der Waals surface area contributed by atoms with E-state index in [1.165, 1.54) is 0 Å². The summed E-state index contributed by atoms with van der Waals surface area (Å²) in [4.78, 5) is 9.57. The fourth-order valence-electron chi connectivity index (χ4n) is 1.19. The smallest absolute Gasteiger partial charge is 0.305 e. The van der Waals surface area contributed by atoms with Crippen molar-refractivity contribution in [3.8, 4) is 0 Å². The summed E-state index contributed by atoms with van der Waals surface area (Å²) in [6, 6.07) is 2.66. The van der Waals surface area contributed by atoms with Gasteiger partial charge in [-0.25, -0.2) is 4.39 Å². The van der Waals surface area contributed by atoms with Crippen molar-refractivity contribution in [2.45, 2.75) is 12.7 Å². The molecule has 0 spiro atoms. The molecule has 0 aliphatic carbocycles. The Morgan fingerprint density at radius 3 is 2.47 bits per heavy atom. The Balaban J connectivity index is 2.68. The van der Waals surface area contributed by atoms with Gasteiger partial charge in [0, 0.05) is 12.6 Å². The first-order chi connectivity index (χ1) is 7.78. The van der Waals surface area contributed by atoms with Gasteiger partial charge in [0.1, 0.15) is 5.82 Å². The first kappa shape index (κ1) is 13.4. The molecule has 17 heavy (non-hydrogen) atoms. The third-order valence-corrected chi connectivity index (χ3v) is 1.81. The van der Waals surface area contributed by atoms with Crippen LogP contribution in [0.5, 0.6) is 0 Å². The molecule has 0 unspecified atom stereocenters. The molecule has 0 saturated heterocycles. The minimum atomic E-state index is -4.38. The monoisotopic (exact) mass is 252 g/mol. The molecule has 0 atom stereocenters. The Kier molecular flexibility index (Phi) is 4.00. The average molecular weight is 252 g/mol. The third-order valence-electron chi connectivity index (χ3n) is 1.81. The van der Waals surface area contributed by atoms with Crippen LogP contribution in [0.3, 0.4) is 0 Å². The lowest BCUT2D eigenvalue weighted by molar-refractivity contribution is -0.385. The first-order valence-electron chi connectivity index (χ1n) is 4.49. The van der Waals surface area contributed by atoms with Gasteiger partial charge in [0.2, 0.25) is 0 Å². The Morgan fingerprint density at radius 2 is 1.94 bits per heavy atom. The molecule has 0 aliphatic rings. The second kappa shape index (κ2) is 5.09. The number of nitrogens with one attached hydrogen (secondary N) is 1. The number of nitrogens with zero attached hydrogens (tertiary/aromatic N) is 1. The Bertz CT molecular complexity index is 420. The molecule has 0 aliphatic heterocycles. The van der Waals surface area contributed by atoms with E-state index in [4.69, 9.17) is 0 Å². The standard InChI is InChI=1S/C9H8F4N2O2/c10-7-1-6(2-8(3-7)15(16)17)4-14-5-9(11,12)13/h1-3,14H,4-5H2. The van der Waals surface area contributed by atoms with Crippen molar-refractivity contribution in [1.82, 2.24) is 5.32 Å². The zero-order valence-corrected chi connectivity index (χ0v) is 8.42. The second-order valence-electron chi connectivity index (χ2n) is 3.29. The first-order valence-corrected chi connectivity index (χ1v) is 4.49. The van der Waals surface area contributed by atoms with Crippen LogP contribution >= 0.6 is 0 Å². The maximum Gasteiger partial charge on any atom is 0.401 e. The van der Waals surface area contributed by atoms with Crippen molar-refractivity contribution in [2.24, 2.45) is 0 Å².